The molecule has 1 heteroatoms. The number of fused-ring (bicyclic) bond motifs is 10. The van der Waals surface area contributed by atoms with Crippen molar-refractivity contribution in [2.75, 3.05) is 0 Å². The SMILES string of the molecule is CCC[C]12[CH]3[CH]4[C]5(CCC)[CH]1[Fe]34251678[CH]2[CH]1[C]6(CCC)[C]7(CCC)[CH]28. The third kappa shape index (κ3) is 0.131. The van der Waals surface area contributed by atoms with Gasteiger partial charge in [-0.25, -0.2) is 0 Å². The topological polar surface area (TPSA) is 0 Å². The van der Waals surface area contributed by atoms with Crippen LogP contribution in [0.3, 0.4) is 0 Å². The van der Waals surface area contributed by atoms with Gasteiger partial charge >= 0.3 is 132 Å². The van der Waals surface area contributed by atoms with Gasteiger partial charge in [-0.15, -0.1) is 0 Å². The number of hydrogen-bond donors (Lipinski definition) is 0. The molecule has 8 unspecified atom stereocenters. The fourth-order valence-corrected chi connectivity index (χ4v) is 108. The van der Waals surface area contributed by atoms with E-state index < -0.39 is 6.51 Å². The molecule has 0 aliphatic carbocycles. The summed E-state index contributed by atoms with van der Waals surface area (Å²) < 4.78 is 4.50. The Morgan fingerprint density at radius 2 is 1.04 bits per heavy atom. The van der Waals surface area contributed by atoms with Gasteiger partial charge in [-0.3, -0.25) is 0 Å². The van der Waals surface area contributed by atoms with Crippen molar-refractivity contribution in [3.8, 4) is 0 Å². The van der Waals surface area contributed by atoms with Crippen molar-refractivity contribution < 1.29 is 6.51 Å². The molecule has 8 atom stereocenters. The minimum atomic E-state index is -3.31. The Kier molecular flexibility index (Phi) is 0.560. The molecule has 10 aliphatic rings. The van der Waals surface area contributed by atoms with Crippen molar-refractivity contribution in [3.63, 3.8) is 0 Å². The number of rotatable bonds is 8. The summed E-state index contributed by atoms with van der Waals surface area (Å²) in [7, 11) is 0. The van der Waals surface area contributed by atoms with Crippen LogP contribution >= 0.6 is 0 Å². The van der Waals surface area contributed by atoms with Gasteiger partial charge in [0.1, 0.15) is 0 Å². The van der Waals surface area contributed by atoms with Gasteiger partial charge in [0.25, 0.3) is 0 Å². The average Bonchev–Trinajstić information content (AvgIpc) is 3.48. The molecule has 0 amide bonds. The van der Waals surface area contributed by atoms with Gasteiger partial charge in [-0.2, -0.15) is 0 Å². The van der Waals surface area contributed by atoms with Gasteiger partial charge in [0, 0.05) is 0 Å². The first-order valence-electron chi connectivity index (χ1n) is 11.2. The summed E-state index contributed by atoms with van der Waals surface area (Å²) >= 11 is 0. The zero-order chi connectivity index (χ0) is 15.4. The normalized spacial score (nSPS) is 101. The molecule has 1 spiro atoms. The molecular formula is C22H34Fe. The summed E-state index contributed by atoms with van der Waals surface area (Å²) in [6, 6.07) is 0. The van der Waals surface area contributed by atoms with Crippen molar-refractivity contribution in [2.24, 2.45) is 0 Å². The van der Waals surface area contributed by atoms with E-state index in [1.165, 1.54) is 54.6 Å². The maximum atomic E-state index is 2.55. The summed E-state index contributed by atoms with van der Waals surface area (Å²) in [5, 5.41) is 0. The summed E-state index contributed by atoms with van der Waals surface area (Å²) in [4.78, 5) is 8.87. The van der Waals surface area contributed by atoms with Crippen molar-refractivity contribution in [1.82, 2.24) is 0 Å². The fourth-order valence-electron chi connectivity index (χ4n) is 23.4. The van der Waals surface area contributed by atoms with Gasteiger partial charge in [0.05, 0.1) is 0 Å². The van der Waals surface area contributed by atoms with Crippen molar-refractivity contribution in [1.29, 1.82) is 0 Å². The molecule has 130 valence electrons. The van der Waals surface area contributed by atoms with Crippen LogP contribution in [0.15, 0.2) is 0 Å². The second kappa shape index (κ2) is 1.14. The first-order valence-corrected chi connectivity index (χ1v) is 17.2. The molecule has 10 rings (SSSR count). The Bertz CT molecular complexity index is 1110. The summed E-state index contributed by atoms with van der Waals surface area (Å²) in [6.07, 6.45) is 13.1. The summed E-state index contributed by atoms with van der Waals surface area (Å²) in [6.45, 7) is 6.87. The predicted octanol–water partition coefficient (Wildman–Crippen LogP) is 8.06. The Balaban J connectivity index is 1.47. The summed E-state index contributed by atoms with van der Waals surface area (Å²) in [5.41, 5.74) is 0. The third-order valence-corrected chi connectivity index (χ3v) is 65.1. The second-order valence-corrected chi connectivity index (χ2v) is 36.5. The molecule has 23 heavy (non-hydrogen) atoms. The molecule has 0 aromatic carbocycles. The standard InChI is InChI=1S/2C11H17.Fe/c1-3-6-10-8-5-9-11(10)7-4-2;1-3-5-10-7-8-11(9-10)6-4-2;/h5,8-9H,3-4,6-7H2,1-2H3;7-9H,3-6H2,1-2H3;. The van der Waals surface area contributed by atoms with E-state index in [0.717, 1.165) is 17.3 Å². The van der Waals surface area contributed by atoms with Crippen LogP contribution in [-0.2, 0) is 6.51 Å². The van der Waals surface area contributed by atoms with E-state index in [1.807, 2.05) is 0 Å². The van der Waals surface area contributed by atoms with E-state index in [-0.39, 0.29) is 0 Å². The zero-order valence-electron chi connectivity index (χ0n) is 15.5. The quantitative estimate of drug-likeness (QED) is 0.387. The molecule has 0 nitrogen and oxygen atoms in total. The molecule has 0 aromatic rings. The number of hydrogen-bond acceptors (Lipinski definition) is 0. The predicted molar refractivity (Wildman–Crippen MR) is 92.9 cm³/mol. The van der Waals surface area contributed by atoms with Crippen LogP contribution in [0.5, 0.6) is 0 Å². The van der Waals surface area contributed by atoms with Crippen LogP contribution in [0.4, 0.5) is 0 Å². The molecule has 10 saturated heterocycles. The molecule has 0 N–H and O–H groups in total. The Hall–Kier alpha value is 0.519. The monoisotopic (exact) mass is 354 g/mol. The van der Waals surface area contributed by atoms with Crippen LogP contribution in [0.25, 0.3) is 0 Å². The molecule has 0 saturated carbocycles. The molecule has 0 aromatic heterocycles. The van der Waals surface area contributed by atoms with E-state index in [2.05, 4.69) is 27.7 Å². The minimum absolute atomic E-state index is 1.12. The molecule has 10 heterocycles. The van der Waals surface area contributed by atoms with E-state index in [9.17, 15) is 0 Å². The van der Waals surface area contributed by atoms with Crippen LogP contribution in [0.1, 0.15) is 79.1 Å². The first-order chi connectivity index (χ1) is 11.0. The molecule has 0 radical (unpaired) electrons. The van der Waals surface area contributed by atoms with Gasteiger partial charge in [0.15, 0.2) is 0 Å². The Morgan fingerprint density at radius 1 is 0.609 bits per heavy atom. The van der Waals surface area contributed by atoms with Crippen LogP contribution in [0, 0.1) is 0 Å². The summed E-state index contributed by atoms with van der Waals surface area (Å²) in [5.74, 6) is 0. The fraction of sp³-hybridized carbons (Fsp3) is 1.00. The maximum absolute atomic E-state index is 3.31. The van der Waals surface area contributed by atoms with Gasteiger partial charge < -0.3 is 0 Å². The third-order valence-electron chi connectivity index (χ3n) is 18.8. The van der Waals surface area contributed by atoms with E-state index in [4.69, 9.17) is 0 Å². The van der Waals surface area contributed by atoms with E-state index in [1.54, 1.807) is 25.7 Å². The molecular weight excluding hydrogens is 320 g/mol. The van der Waals surface area contributed by atoms with Gasteiger partial charge in [-0.1, -0.05) is 0 Å². The van der Waals surface area contributed by atoms with Crippen LogP contribution in [0.2, 0.25) is 46.2 Å². The molecule has 0 bridgehead atoms. The van der Waals surface area contributed by atoms with Gasteiger partial charge in [-0.05, 0) is 0 Å². The second-order valence-electron chi connectivity index (χ2n) is 13.6. The Labute approximate surface area is 131 Å². The van der Waals surface area contributed by atoms with E-state index >= 15 is 0 Å². The zero-order valence-corrected chi connectivity index (χ0v) is 16.6. The molecule has 10 fully saturated rings. The van der Waals surface area contributed by atoms with Crippen molar-refractivity contribution in [3.05, 3.63) is 0 Å². The van der Waals surface area contributed by atoms with Crippen molar-refractivity contribution in [2.45, 2.75) is 125 Å². The van der Waals surface area contributed by atoms with Crippen molar-refractivity contribution >= 4 is 0 Å². The van der Waals surface area contributed by atoms with Crippen LogP contribution < -0.4 is 0 Å². The average molecular weight is 354 g/mol. The molecule has 10 aliphatic heterocycles. The first kappa shape index (κ1) is 11.3. The Morgan fingerprint density at radius 3 is 1.39 bits per heavy atom. The van der Waals surface area contributed by atoms with E-state index in [0.29, 0.717) is 0 Å². The van der Waals surface area contributed by atoms with Crippen LogP contribution in [-0.4, -0.2) is 0 Å². The van der Waals surface area contributed by atoms with Gasteiger partial charge in [0.2, 0.25) is 0 Å².